The Kier molecular flexibility index (Phi) is 4.66. The van der Waals surface area contributed by atoms with Crippen LogP contribution in [0.25, 0.3) is 0 Å². The predicted molar refractivity (Wildman–Crippen MR) is 88.4 cm³/mol. The van der Waals surface area contributed by atoms with E-state index in [1.807, 2.05) is 0 Å². The molecule has 3 rings (SSSR count). The number of H-pyrrole nitrogens is 1. The molecule has 0 aliphatic rings. The largest absolute Gasteiger partial charge is 0.435 e. The minimum Gasteiger partial charge on any atom is -0.356 e. The van der Waals surface area contributed by atoms with Gasteiger partial charge < -0.3 is 10.3 Å². The molecule has 0 unspecified atom stereocenters. The highest BCUT2D eigenvalue weighted by Crippen LogP contribution is 2.32. The molecule has 2 N–H and O–H groups in total. The number of nitrogens with one attached hydrogen (secondary N) is 2. The first-order valence-electron chi connectivity index (χ1n) is 7.49. The van der Waals surface area contributed by atoms with E-state index in [-0.39, 0.29) is 10.8 Å². The van der Waals surface area contributed by atoms with Crippen LogP contribution in [0, 0.1) is 12.7 Å². The highest BCUT2D eigenvalue weighted by atomic mass is 35.5. The van der Waals surface area contributed by atoms with E-state index in [2.05, 4.69) is 20.4 Å². The van der Waals surface area contributed by atoms with Crippen LogP contribution >= 0.6 is 11.6 Å². The maximum absolute atomic E-state index is 13.5. The molecule has 0 aliphatic heterocycles. The summed E-state index contributed by atoms with van der Waals surface area (Å²) in [6, 6.07) is 4.28. The lowest BCUT2D eigenvalue weighted by Crippen LogP contribution is -2.16. The zero-order chi connectivity index (χ0) is 19.1. The Bertz CT molecular complexity index is 931. The Morgan fingerprint density at radius 2 is 2.00 bits per heavy atom. The van der Waals surface area contributed by atoms with Crippen molar-refractivity contribution in [3.05, 3.63) is 64.1 Å². The van der Waals surface area contributed by atoms with Gasteiger partial charge in [0.2, 0.25) is 0 Å². The molecule has 0 bridgehead atoms. The van der Waals surface area contributed by atoms with Gasteiger partial charge in [0.15, 0.2) is 5.69 Å². The number of aryl methyl sites for hydroxylation is 2. The van der Waals surface area contributed by atoms with Crippen LogP contribution in [0.5, 0.6) is 0 Å². The van der Waals surface area contributed by atoms with Crippen molar-refractivity contribution in [1.82, 2.24) is 19.7 Å². The molecule has 2 aromatic heterocycles. The Labute approximate surface area is 151 Å². The molecule has 3 aromatic rings. The molecular weight excluding hydrogens is 374 g/mol. The van der Waals surface area contributed by atoms with E-state index < -0.39 is 23.7 Å². The van der Waals surface area contributed by atoms with E-state index in [0.29, 0.717) is 11.4 Å². The Hall–Kier alpha value is -2.55. The molecule has 1 atom stereocenters. The van der Waals surface area contributed by atoms with Crippen LogP contribution in [-0.4, -0.2) is 19.7 Å². The maximum atomic E-state index is 13.5. The fraction of sp³-hybridized carbons (Fsp3) is 0.250. The molecule has 26 heavy (non-hydrogen) atoms. The lowest BCUT2D eigenvalue weighted by atomic mass is 10.1. The van der Waals surface area contributed by atoms with Gasteiger partial charge in [-0.2, -0.15) is 18.3 Å². The third-order valence-corrected chi connectivity index (χ3v) is 4.03. The number of benzene rings is 1. The van der Waals surface area contributed by atoms with Gasteiger partial charge in [0.1, 0.15) is 23.5 Å². The van der Waals surface area contributed by atoms with Gasteiger partial charge in [-0.25, -0.2) is 9.37 Å². The number of hydrogen-bond donors (Lipinski definition) is 2. The van der Waals surface area contributed by atoms with Crippen molar-refractivity contribution < 1.29 is 17.6 Å². The zero-order valence-electron chi connectivity index (χ0n) is 13.7. The minimum atomic E-state index is -4.56. The Balaban J connectivity index is 2.02. The number of imidazole rings is 1. The molecule has 5 nitrogen and oxygen atoms in total. The van der Waals surface area contributed by atoms with Crippen molar-refractivity contribution >= 4 is 17.4 Å². The molecule has 0 amide bonds. The number of alkyl halides is 3. The second-order valence-corrected chi connectivity index (χ2v) is 6.15. The Morgan fingerprint density at radius 1 is 1.27 bits per heavy atom. The van der Waals surface area contributed by atoms with E-state index in [0.717, 1.165) is 16.4 Å². The van der Waals surface area contributed by atoms with E-state index in [1.165, 1.54) is 25.2 Å². The highest BCUT2D eigenvalue weighted by molar-refractivity contribution is 6.30. The highest BCUT2D eigenvalue weighted by Gasteiger charge is 2.35. The molecule has 138 valence electrons. The Morgan fingerprint density at radius 3 is 2.54 bits per heavy atom. The van der Waals surface area contributed by atoms with Crippen LogP contribution < -0.4 is 5.32 Å². The third kappa shape index (κ3) is 3.67. The third-order valence-electron chi connectivity index (χ3n) is 3.74. The first-order chi connectivity index (χ1) is 12.1. The smallest absolute Gasteiger partial charge is 0.356 e. The molecular formula is C16H14ClF4N5. The average molecular weight is 388 g/mol. The van der Waals surface area contributed by atoms with Crippen molar-refractivity contribution in [2.24, 2.45) is 7.05 Å². The van der Waals surface area contributed by atoms with Gasteiger partial charge in [-0.1, -0.05) is 17.7 Å². The maximum Gasteiger partial charge on any atom is 0.435 e. The lowest BCUT2D eigenvalue weighted by Gasteiger charge is -2.19. The topological polar surface area (TPSA) is 58.5 Å². The number of halogens is 5. The van der Waals surface area contributed by atoms with E-state index in [4.69, 9.17) is 11.6 Å². The van der Waals surface area contributed by atoms with Crippen molar-refractivity contribution in [3.8, 4) is 0 Å². The van der Waals surface area contributed by atoms with Crippen LogP contribution in [0.4, 0.5) is 23.4 Å². The van der Waals surface area contributed by atoms with Gasteiger partial charge in [-0.05, 0) is 24.6 Å². The summed E-state index contributed by atoms with van der Waals surface area (Å²) in [5.74, 6) is -0.0264. The summed E-state index contributed by atoms with van der Waals surface area (Å²) in [6.07, 6.45) is -2.98. The quantitative estimate of drug-likeness (QED) is 0.650. The summed E-state index contributed by atoms with van der Waals surface area (Å²) in [5.41, 5.74) is 0.274. The summed E-state index contributed by atoms with van der Waals surface area (Å²) >= 11 is 5.85. The average Bonchev–Trinajstić information content (AvgIpc) is 3.13. The number of aromatic amines is 1. The molecule has 10 heteroatoms. The molecule has 1 aromatic carbocycles. The molecule has 0 fully saturated rings. The monoisotopic (exact) mass is 387 g/mol. The standard InChI is InChI=1S/C16H14ClF4N5/c1-8-7-22-15(23-8)14(9-3-4-11(18)10(17)5-9)24-13-6-12(16(19,20)21)25-26(13)2/h3-7,14,24H,1-2H3,(H,22,23)/t14-/m1/s1. The second kappa shape index (κ2) is 6.64. The zero-order valence-corrected chi connectivity index (χ0v) is 14.5. The molecule has 0 radical (unpaired) electrons. The number of rotatable bonds is 4. The second-order valence-electron chi connectivity index (χ2n) is 5.74. The number of hydrogen-bond acceptors (Lipinski definition) is 3. The van der Waals surface area contributed by atoms with Crippen LogP contribution in [0.15, 0.2) is 30.5 Å². The van der Waals surface area contributed by atoms with Crippen LogP contribution in [0.1, 0.15) is 28.8 Å². The van der Waals surface area contributed by atoms with E-state index in [9.17, 15) is 17.6 Å². The van der Waals surface area contributed by atoms with Crippen LogP contribution in [0.3, 0.4) is 0 Å². The molecule has 2 heterocycles. The van der Waals surface area contributed by atoms with Crippen molar-refractivity contribution in [2.45, 2.75) is 19.1 Å². The van der Waals surface area contributed by atoms with Gasteiger partial charge >= 0.3 is 6.18 Å². The molecule has 0 saturated carbocycles. The van der Waals surface area contributed by atoms with Gasteiger partial charge in [0.05, 0.1) is 5.02 Å². The summed E-state index contributed by atoms with van der Waals surface area (Å²) in [5, 5.41) is 6.33. The fourth-order valence-corrected chi connectivity index (χ4v) is 2.66. The van der Waals surface area contributed by atoms with Gasteiger partial charge in [-0.15, -0.1) is 0 Å². The van der Waals surface area contributed by atoms with Crippen molar-refractivity contribution in [2.75, 3.05) is 5.32 Å². The normalized spacial score (nSPS) is 13.0. The first-order valence-corrected chi connectivity index (χ1v) is 7.87. The summed E-state index contributed by atoms with van der Waals surface area (Å²) < 4.78 is 53.2. The van der Waals surface area contributed by atoms with Crippen molar-refractivity contribution in [1.29, 1.82) is 0 Å². The van der Waals surface area contributed by atoms with Crippen molar-refractivity contribution in [3.63, 3.8) is 0 Å². The number of anilines is 1. The van der Waals surface area contributed by atoms with Crippen LogP contribution in [-0.2, 0) is 13.2 Å². The number of nitrogens with zero attached hydrogens (tertiary/aromatic N) is 3. The fourth-order valence-electron chi connectivity index (χ4n) is 2.47. The van der Waals surface area contributed by atoms with E-state index in [1.54, 1.807) is 13.1 Å². The van der Waals surface area contributed by atoms with Gasteiger partial charge in [0.25, 0.3) is 0 Å². The minimum absolute atomic E-state index is 0.0986. The molecule has 0 saturated heterocycles. The summed E-state index contributed by atoms with van der Waals surface area (Å²) in [7, 11) is 1.39. The molecule has 0 spiro atoms. The number of aromatic nitrogens is 4. The summed E-state index contributed by atoms with van der Waals surface area (Å²) in [6.45, 7) is 1.79. The first kappa shape index (κ1) is 18.2. The van der Waals surface area contributed by atoms with Crippen LogP contribution in [0.2, 0.25) is 5.02 Å². The predicted octanol–water partition coefficient (Wildman–Crippen LogP) is 4.46. The molecule has 0 aliphatic carbocycles. The SMILES string of the molecule is Cc1cnc([C@H](Nc2cc(C(F)(F)F)nn2C)c2ccc(F)c(Cl)c2)[nH]1. The van der Waals surface area contributed by atoms with E-state index >= 15 is 0 Å². The van der Waals surface area contributed by atoms with Gasteiger partial charge in [-0.3, -0.25) is 4.68 Å². The lowest BCUT2D eigenvalue weighted by molar-refractivity contribution is -0.141. The summed E-state index contributed by atoms with van der Waals surface area (Å²) in [4.78, 5) is 7.24. The van der Waals surface area contributed by atoms with Gasteiger partial charge in [0, 0.05) is 25.0 Å².